The van der Waals surface area contributed by atoms with Gasteiger partial charge in [-0.15, -0.1) is 11.3 Å². The molecular formula is C15H11ClN4S. The average Bonchev–Trinajstić information content (AvgIpc) is 3.16. The number of aromatic nitrogens is 2. The molecule has 0 saturated heterocycles. The normalized spacial score (nSPS) is 10.3. The molecule has 0 aliphatic rings. The lowest BCUT2D eigenvalue weighted by Crippen LogP contribution is -2.03. The van der Waals surface area contributed by atoms with Crippen LogP contribution in [-0.4, -0.2) is 9.55 Å². The molecule has 6 heteroatoms. The van der Waals surface area contributed by atoms with Gasteiger partial charge in [-0.3, -0.25) is 0 Å². The minimum absolute atomic E-state index is 0.647. The van der Waals surface area contributed by atoms with Crippen LogP contribution in [0, 0.1) is 11.3 Å². The van der Waals surface area contributed by atoms with E-state index in [4.69, 9.17) is 16.9 Å². The maximum Gasteiger partial charge on any atom is 0.100 e. The molecule has 0 unspecified atom stereocenters. The van der Waals surface area contributed by atoms with Crippen LogP contribution in [0.2, 0.25) is 5.02 Å². The van der Waals surface area contributed by atoms with E-state index >= 15 is 0 Å². The third-order valence-corrected chi connectivity index (χ3v) is 4.23. The Labute approximate surface area is 131 Å². The molecule has 3 aromatic rings. The molecule has 0 aliphatic carbocycles. The van der Waals surface area contributed by atoms with Gasteiger partial charge in [-0.05, 0) is 18.2 Å². The molecule has 0 bridgehead atoms. The largest absolute Gasteiger partial charge is 0.378 e. The van der Waals surface area contributed by atoms with Crippen LogP contribution in [0.5, 0.6) is 0 Å². The number of anilines is 1. The predicted molar refractivity (Wildman–Crippen MR) is 84.9 cm³/mol. The van der Waals surface area contributed by atoms with Crippen molar-refractivity contribution < 1.29 is 0 Å². The Kier molecular flexibility index (Phi) is 3.91. The van der Waals surface area contributed by atoms with E-state index in [1.165, 1.54) is 0 Å². The van der Waals surface area contributed by atoms with Crippen molar-refractivity contribution >= 4 is 28.6 Å². The van der Waals surface area contributed by atoms with Crippen molar-refractivity contribution in [2.24, 2.45) is 0 Å². The minimum Gasteiger partial charge on any atom is -0.378 e. The second-order valence-electron chi connectivity index (χ2n) is 4.37. The Morgan fingerprint density at radius 1 is 1.43 bits per heavy atom. The van der Waals surface area contributed by atoms with Crippen molar-refractivity contribution in [3.05, 3.63) is 63.8 Å². The first kappa shape index (κ1) is 13.7. The van der Waals surface area contributed by atoms with Gasteiger partial charge < -0.3 is 9.88 Å². The van der Waals surface area contributed by atoms with Crippen LogP contribution in [0.25, 0.3) is 5.69 Å². The molecule has 104 valence electrons. The lowest BCUT2D eigenvalue weighted by Gasteiger charge is -2.13. The first-order valence-electron chi connectivity index (χ1n) is 6.26. The molecule has 2 heterocycles. The zero-order valence-corrected chi connectivity index (χ0v) is 12.5. The Morgan fingerprint density at radius 2 is 2.33 bits per heavy atom. The van der Waals surface area contributed by atoms with Crippen molar-refractivity contribution in [3.63, 3.8) is 0 Å². The van der Waals surface area contributed by atoms with Crippen LogP contribution in [0.3, 0.4) is 0 Å². The molecule has 2 aromatic heterocycles. The maximum absolute atomic E-state index is 8.85. The molecule has 21 heavy (non-hydrogen) atoms. The quantitative estimate of drug-likeness (QED) is 0.789. The van der Waals surface area contributed by atoms with E-state index in [2.05, 4.69) is 16.4 Å². The van der Waals surface area contributed by atoms with Gasteiger partial charge in [-0.2, -0.15) is 5.26 Å². The van der Waals surface area contributed by atoms with Crippen molar-refractivity contribution in [1.29, 1.82) is 5.26 Å². The van der Waals surface area contributed by atoms with Gasteiger partial charge in [-0.25, -0.2) is 4.98 Å². The Bertz CT molecular complexity index is 786. The third-order valence-electron chi connectivity index (χ3n) is 2.99. The second-order valence-corrected chi connectivity index (χ2v) is 5.78. The highest BCUT2D eigenvalue weighted by atomic mass is 35.5. The van der Waals surface area contributed by atoms with Gasteiger partial charge in [0.05, 0.1) is 28.3 Å². The predicted octanol–water partition coefficient (Wildman–Crippen LogP) is 4.07. The number of halogens is 1. The number of rotatable bonds is 4. The summed E-state index contributed by atoms with van der Waals surface area (Å²) in [4.78, 5) is 5.16. The Hall–Kier alpha value is -2.29. The van der Waals surface area contributed by atoms with Crippen LogP contribution in [0.4, 0.5) is 5.69 Å². The minimum atomic E-state index is 0.647. The standard InChI is InChI=1S/C15H11ClN4S/c16-13-2-1-3-14(15(13)20-5-4-18-10-20)19-8-12-6-11(7-17)9-21-12/h1-6,9-10,19H,8H2. The van der Waals surface area contributed by atoms with E-state index in [0.29, 0.717) is 17.1 Å². The van der Waals surface area contributed by atoms with E-state index in [9.17, 15) is 0 Å². The summed E-state index contributed by atoms with van der Waals surface area (Å²) in [6, 6.07) is 9.75. The fourth-order valence-corrected chi connectivity index (χ4v) is 3.05. The number of hydrogen-bond acceptors (Lipinski definition) is 4. The zero-order chi connectivity index (χ0) is 14.7. The van der Waals surface area contributed by atoms with Gasteiger partial charge >= 0.3 is 0 Å². The summed E-state index contributed by atoms with van der Waals surface area (Å²) < 4.78 is 1.87. The smallest absolute Gasteiger partial charge is 0.100 e. The molecular weight excluding hydrogens is 304 g/mol. The SMILES string of the molecule is N#Cc1csc(CNc2cccc(Cl)c2-n2ccnc2)c1. The summed E-state index contributed by atoms with van der Waals surface area (Å²) in [6.07, 6.45) is 5.28. The van der Waals surface area contributed by atoms with Gasteiger partial charge in [0.1, 0.15) is 6.07 Å². The summed E-state index contributed by atoms with van der Waals surface area (Å²) in [5, 5.41) is 14.7. The van der Waals surface area contributed by atoms with Crippen LogP contribution >= 0.6 is 22.9 Å². The first-order chi connectivity index (χ1) is 10.3. The summed E-state index contributed by atoms with van der Waals surface area (Å²) in [5.74, 6) is 0. The molecule has 0 amide bonds. The summed E-state index contributed by atoms with van der Waals surface area (Å²) >= 11 is 7.86. The van der Waals surface area contributed by atoms with Gasteiger partial charge in [0.15, 0.2) is 0 Å². The molecule has 0 spiro atoms. The lowest BCUT2D eigenvalue weighted by molar-refractivity contribution is 1.05. The molecule has 0 aliphatic heterocycles. The average molecular weight is 315 g/mol. The number of para-hydroxylation sites is 1. The number of nitriles is 1. The second kappa shape index (κ2) is 6.00. The molecule has 0 atom stereocenters. The van der Waals surface area contributed by atoms with Crippen molar-refractivity contribution in [2.75, 3.05) is 5.32 Å². The number of hydrogen-bond donors (Lipinski definition) is 1. The van der Waals surface area contributed by atoms with Crippen molar-refractivity contribution in [2.45, 2.75) is 6.54 Å². The Balaban J connectivity index is 1.86. The lowest BCUT2D eigenvalue weighted by atomic mass is 10.2. The van der Waals surface area contributed by atoms with Crippen LogP contribution in [0.15, 0.2) is 48.4 Å². The van der Waals surface area contributed by atoms with Crippen LogP contribution < -0.4 is 5.32 Å². The van der Waals surface area contributed by atoms with E-state index < -0.39 is 0 Å². The number of thiophene rings is 1. The maximum atomic E-state index is 8.85. The van der Waals surface area contributed by atoms with Crippen molar-refractivity contribution in [3.8, 4) is 11.8 Å². The van der Waals surface area contributed by atoms with E-state index in [1.54, 1.807) is 23.9 Å². The molecule has 0 fully saturated rings. The number of nitrogens with one attached hydrogen (secondary N) is 1. The highest BCUT2D eigenvalue weighted by molar-refractivity contribution is 7.10. The van der Waals surface area contributed by atoms with Crippen LogP contribution in [0.1, 0.15) is 10.4 Å². The van der Waals surface area contributed by atoms with E-state index in [-0.39, 0.29) is 0 Å². The molecule has 0 radical (unpaired) electrons. The monoisotopic (exact) mass is 314 g/mol. The van der Waals surface area contributed by atoms with Crippen LogP contribution in [-0.2, 0) is 6.54 Å². The highest BCUT2D eigenvalue weighted by Gasteiger charge is 2.09. The molecule has 1 N–H and O–H groups in total. The van der Waals surface area contributed by atoms with E-state index in [1.807, 2.05) is 40.4 Å². The van der Waals surface area contributed by atoms with Gasteiger partial charge in [0.2, 0.25) is 0 Å². The summed E-state index contributed by atoms with van der Waals surface area (Å²) in [5.41, 5.74) is 2.49. The zero-order valence-electron chi connectivity index (χ0n) is 11.0. The number of nitrogens with zero attached hydrogens (tertiary/aromatic N) is 3. The number of imidazole rings is 1. The number of benzene rings is 1. The molecule has 3 rings (SSSR count). The molecule has 0 saturated carbocycles. The van der Waals surface area contributed by atoms with E-state index in [0.717, 1.165) is 16.3 Å². The fraction of sp³-hybridized carbons (Fsp3) is 0.0667. The topological polar surface area (TPSA) is 53.6 Å². The summed E-state index contributed by atoms with van der Waals surface area (Å²) in [7, 11) is 0. The highest BCUT2D eigenvalue weighted by Crippen LogP contribution is 2.29. The third kappa shape index (κ3) is 2.92. The summed E-state index contributed by atoms with van der Waals surface area (Å²) in [6.45, 7) is 0.647. The van der Waals surface area contributed by atoms with Gasteiger partial charge in [0.25, 0.3) is 0 Å². The Morgan fingerprint density at radius 3 is 3.05 bits per heavy atom. The van der Waals surface area contributed by atoms with Crippen molar-refractivity contribution in [1.82, 2.24) is 9.55 Å². The molecule has 1 aromatic carbocycles. The fourth-order valence-electron chi connectivity index (χ4n) is 2.03. The van der Waals surface area contributed by atoms with Gasteiger partial charge in [0, 0.05) is 29.2 Å². The van der Waals surface area contributed by atoms with Gasteiger partial charge in [-0.1, -0.05) is 17.7 Å². The molecule has 4 nitrogen and oxygen atoms in total. The first-order valence-corrected chi connectivity index (χ1v) is 7.52.